The van der Waals surface area contributed by atoms with Crippen molar-refractivity contribution >= 4 is 11.9 Å². The Balaban J connectivity index is 1.83. The highest BCUT2D eigenvalue weighted by molar-refractivity contribution is 5.75. The maximum atomic E-state index is 12.1. The third-order valence-electron chi connectivity index (χ3n) is 5.76. The van der Waals surface area contributed by atoms with Crippen LogP contribution in [0.1, 0.15) is 117 Å². The number of rotatable bonds is 19. The number of carbonyl (C=O) groups is 2. The van der Waals surface area contributed by atoms with Crippen molar-refractivity contribution in [1.29, 1.82) is 0 Å². The molecule has 0 amide bonds. The van der Waals surface area contributed by atoms with Crippen molar-refractivity contribution in [3.05, 3.63) is 35.9 Å². The fraction of sp³-hybridized carbons (Fsp3) is 0.724. The number of carbonyl (C=O) groups excluding carboxylic acids is 2. The molecule has 0 unspecified atom stereocenters. The Hall–Kier alpha value is -1.88. The second kappa shape index (κ2) is 18.4. The second-order valence-electron chi connectivity index (χ2n) is 10.3. The van der Waals surface area contributed by atoms with Crippen molar-refractivity contribution in [2.75, 3.05) is 6.54 Å². The van der Waals surface area contributed by atoms with Crippen LogP contribution in [0.15, 0.2) is 30.3 Å². The monoisotopic (exact) mass is 475 g/mol. The minimum Gasteiger partial charge on any atom is -0.460 e. The van der Waals surface area contributed by atoms with Crippen LogP contribution in [-0.2, 0) is 25.7 Å². The van der Waals surface area contributed by atoms with Crippen molar-refractivity contribution in [2.45, 2.75) is 129 Å². The number of hydrogen-bond acceptors (Lipinski definition) is 5. The van der Waals surface area contributed by atoms with E-state index in [1.807, 2.05) is 58.0 Å². The molecule has 5 nitrogen and oxygen atoms in total. The van der Waals surface area contributed by atoms with E-state index >= 15 is 0 Å². The summed E-state index contributed by atoms with van der Waals surface area (Å²) in [6.45, 7) is 8.80. The third-order valence-corrected chi connectivity index (χ3v) is 5.76. The van der Waals surface area contributed by atoms with E-state index in [4.69, 9.17) is 9.47 Å². The van der Waals surface area contributed by atoms with Gasteiger partial charge >= 0.3 is 11.9 Å². The number of benzene rings is 1. The largest absolute Gasteiger partial charge is 0.460 e. The summed E-state index contributed by atoms with van der Waals surface area (Å²) in [5.41, 5.74) is 0.642. The number of esters is 2. The van der Waals surface area contributed by atoms with Crippen LogP contribution in [0.25, 0.3) is 0 Å². The van der Waals surface area contributed by atoms with Crippen LogP contribution in [0.5, 0.6) is 0 Å². The normalized spacial score (nSPS) is 12.4. The van der Waals surface area contributed by atoms with E-state index in [0.717, 1.165) is 31.4 Å². The van der Waals surface area contributed by atoms with E-state index in [2.05, 4.69) is 5.32 Å². The lowest BCUT2D eigenvalue weighted by Gasteiger charge is -2.19. The van der Waals surface area contributed by atoms with Crippen molar-refractivity contribution in [2.24, 2.45) is 0 Å². The number of ether oxygens (including phenoxy) is 2. The molecule has 0 saturated heterocycles. The molecule has 0 aliphatic rings. The molecule has 1 N–H and O–H groups in total. The van der Waals surface area contributed by atoms with Gasteiger partial charge in [-0.25, -0.2) is 0 Å². The first-order valence-electron chi connectivity index (χ1n) is 13.4. The zero-order valence-corrected chi connectivity index (χ0v) is 22.2. The van der Waals surface area contributed by atoms with Gasteiger partial charge in [-0.1, -0.05) is 94.5 Å². The molecule has 5 heteroatoms. The minimum absolute atomic E-state index is 0.0702. The molecule has 0 heterocycles. The fourth-order valence-electron chi connectivity index (χ4n) is 3.81. The topological polar surface area (TPSA) is 64.6 Å². The summed E-state index contributed by atoms with van der Waals surface area (Å²) in [6, 6.07) is 9.51. The summed E-state index contributed by atoms with van der Waals surface area (Å²) < 4.78 is 10.7. The number of nitrogens with one attached hydrogen (secondary N) is 1. The highest BCUT2D eigenvalue weighted by Gasteiger charge is 2.15. The summed E-state index contributed by atoms with van der Waals surface area (Å²) in [7, 11) is 0. The summed E-state index contributed by atoms with van der Waals surface area (Å²) >= 11 is 0. The van der Waals surface area contributed by atoms with Crippen LogP contribution < -0.4 is 5.32 Å². The van der Waals surface area contributed by atoms with Gasteiger partial charge in [0.15, 0.2) is 0 Å². The maximum absolute atomic E-state index is 12.1. The van der Waals surface area contributed by atoms with Crippen LogP contribution in [-0.4, -0.2) is 30.1 Å². The number of unbranched alkanes of at least 4 members (excludes halogenated alkanes) is 11. The smallest absolute Gasteiger partial charge is 0.323 e. The average Bonchev–Trinajstić information content (AvgIpc) is 2.79. The Morgan fingerprint density at radius 3 is 1.82 bits per heavy atom. The zero-order chi connectivity index (χ0) is 25.1. The predicted octanol–water partition coefficient (Wildman–Crippen LogP) is 7.12. The van der Waals surface area contributed by atoms with Gasteiger partial charge < -0.3 is 14.8 Å². The van der Waals surface area contributed by atoms with Gasteiger partial charge in [0.2, 0.25) is 0 Å². The van der Waals surface area contributed by atoms with Crippen LogP contribution in [0.2, 0.25) is 0 Å². The van der Waals surface area contributed by atoms with Crippen LogP contribution in [0, 0.1) is 0 Å². The quantitative estimate of drug-likeness (QED) is 0.170. The highest BCUT2D eigenvalue weighted by atomic mass is 16.6. The van der Waals surface area contributed by atoms with Gasteiger partial charge in [-0.2, -0.15) is 0 Å². The average molecular weight is 476 g/mol. The molecule has 1 rings (SSSR count). The lowest BCUT2D eigenvalue weighted by molar-refractivity contribution is -0.155. The molecular formula is C29H49NO4. The number of hydrogen-bond donors (Lipinski definition) is 1. The van der Waals surface area contributed by atoms with Crippen LogP contribution in [0.4, 0.5) is 0 Å². The Morgan fingerprint density at radius 2 is 1.29 bits per heavy atom. The van der Waals surface area contributed by atoms with Crippen molar-refractivity contribution in [3.8, 4) is 0 Å². The summed E-state index contributed by atoms with van der Waals surface area (Å²) in [6.07, 6.45) is 15.2. The summed E-state index contributed by atoms with van der Waals surface area (Å²) in [5, 5.41) is 3.27. The molecule has 0 spiro atoms. The second-order valence-corrected chi connectivity index (χ2v) is 10.3. The fourth-order valence-corrected chi connectivity index (χ4v) is 3.81. The molecule has 0 saturated carbocycles. The zero-order valence-electron chi connectivity index (χ0n) is 22.2. The Labute approximate surface area is 208 Å². The molecule has 1 aromatic carbocycles. The Bertz CT molecular complexity index is 654. The van der Waals surface area contributed by atoms with Gasteiger partial charge in [0.05, 0.1) is 0 Å². The van der Waals surface area contributed by atoms with Gasteiger partial charge in [-0.05, 0) is 52.6 Å². The van der Waals surface area contributed by atoms with E-state index in [9.17, 15) is 9.59 Å². The molecule has 0 fully saturated rings. The van der Waals surface area contributed by atoms with E-state index in [1.54, 1.807) is 0 Å². The van der Waals surface area contributed by atoms with Gasteiger partial charge in [0.1, 0.15) is 18.2 Å². The molecule has 34 heavy (non-hydrogen) atoms. The third kappa shape index (κ3) is 17.6. The Kier molecular flexibility index (Phi) is 16.4. The molecule has 1 atom stereocenters. The molecule has 194 valence electrons. The van der Waals surface area contributed by atoms with Crippen LogP contribution in [0.3, 0.4) is 0 Å². The predicted molar refractivity (Wildman–Crippen MR) is 140 cm³/mol. The summed E-state index contributed by atoms with van der Waals surface area (Å²) in [4.78, 5) is 23.7. The lowest BCUT2D eigenvalue weighted by Crippen LogP contribution is -2.35. The standard InChI is InChI=1S/C29H49NO4/c1-25(28(32)33-24-26-20-16-15-17-21-26)30-23-19-14-12-10-8-6-5-7-9-11-13-18-22-27(31)34-29(2,3)4/h15-17,20-21,25,30H,5-14,18-19,22-24H2,1-4H3/t25-/m0/s1. The first-order valence-corrected chi connectivity index (χ1v) is 13.4. The molecule has 0 bridgehead atoms. The van der Waals surface area contributed by atoms with Crippen molar-refractivity contribution in [3.63, 3.8) is 0 Å². The maximum Gasteiger partial charge on any atom is 0.323 e. The van der Waals surface area contributed by atoms with Crippen molar-refractivity contribution < 1.29 is 19.1 Å². The molecule has 0 aromatic heterocycles. The van der Waals surface area contributed by atoms with Crippen molar-refractivity contribution in [1.82, 2.24) is 5.32 Å². The SMILES string of the molecule is C[C@H](NCCCCCCCCCCCCCCC(=O)OC(C)(C)C)C(=O)OCc1ccccc1. The van der Waals surface area contributed by atoms with Gasteiger partial charge in [-0.15, -0.1) is 0 Å². The minimum atomic E-state index is -0.370. The van der Waals surface area contributed by atoms with E-state index in [0.29, 0.717) is 13.0 Å². The molecule has 0 aliphatic heterocycles. The molecule has 0 radical (unpaired) electrons. The van der Waals surface area contributed by atoms with Gasteiger partial charge in [0.25, 0.3) is 0 Å². The first kappa shape index (κ1) is 30.2. The Morgan fingerprint density at radius 1 is 0.794 bits per heavy atom. The van der Waals surface area contributed by atoms with Gasteiger partial charge in [0, 0.05) is 6.42 Å². The van der Waals surface area contributed by atoms with Crippen LogP contribution >= 0.6 is 0 Å². The first-order chi connectivity index (χ1) is 16.3. The molecule has 0 aliphatic carbocycles. The molecular weight excluding hydrogens is 426 g/mol. The molecule has 1 aromatic rings. The lowest BCUT2D eigenvalue weighted by atomic mass is 10.0. The van der Waals surface area contributed by atoms with E-state index in [1.165, 1.54) is 57.8 Å². The summed E-state index contributed by atoms with van der Waals surface area (Å²) in [5.74, 6) is -0.258. The highest BCUT2D eigenvalue weighted by Crippen LogP contribution is 2.14. The van der Waals surface area contributed by atoms with E-state index in [-0.39, 0.29) is 23.6 Å². The van der Waals surface area contributed by atoms with Gasteiger partial charge in [-0.3, -0.25) is 9.59 Å². The van der Waals surface area contributed by atoms with E-state index < -0.39 is 0 Å².